The molecular weight excluding hydrogens is 584 g/mol. The van der Waals surface area contributed by atoms with Crippen LogP contribution in [0.15, 0.2) is 35.0 Å². The van der Waals surface area contributed by atoms with E-state index in [1.807, 2.05) is 13.8 Å². The molecule has 10 nitrogen and oxygen atoms in total. The first-order valence-corrected chi connectivity index (χ1v) is 12.9. The van der Waals surface area contributed by atoms with Gasteiger partial charge in [0.2, 0.25) is 16.0 Å². The lowest BCUT2D eigenvalue weighted by Gasteiger charge is -2.27. The molecule has 0 spiro atoms. The molecular formula is C21H22F8N6O4S. The SMILES string of the molecule is CC.CS(=O)(=O)N(CC(Nc1ncc(-c2nnc(C(F)F)o2)cn1)c1ccc(OC(F)F)cc1F)CC(F)(F)F. The van der Waals surface area contributed by atoms with Crippen molar-refractivity contribution in [2.45, 2.75) is 39.1 Å². The molecule has 2 aromatic heterocycles. The zero-order chi connectivity index (χ0) is 30.3. The molecule has 222 valence electrons. The third-order valence-corrected chi connectivity index (χ3v) is 5.83. The molecule has 0 bridgehead atoms. The van der Waals surface area contributed by atoms with E-state index < -0.39 is 71.4 Å². The summed E-state index contributed by atoms with van der Waals surface area (Å²) in [6.07, 6.45) is -5.47. The van der Waals surface area contributed by atoms with Gasteiger partial charge < -0.3 is 14.5 Å². The Morgan fingerprint density at radius 3 is 2.17 bits per heavy atom. The maximum Gasteiger partial charge on any atom is 0.402 e. The zero-order valence-electron chi connectivity index (χ0n) is 20.8. The summed E-state index contributed by atoms with van der Waals surface area (Å²) < 4.78 is 137. The van der Waals surface area contributed by atoms with Gasteiger partial charge in [-0.1, -0.05) is 19.9 Å². The van der Waals surface area contributed by atoms with Crippen LogP contribution in [0, 0.1) is 5.82 Å². The fourth-order valence-corrected chi connectivity index (χ4v) is 3.82. The molecule has 0 aliphatic heterocycles. The van der Waals surface area contributed by atoms with Crippen molar-refractivity contribution in [1.82, 2.24) is 24.5 Å². The van der Waals surface area contributed by atoms with Crippen LogP contribution in [-0.2, 0) is 10.0 Å². The number of aromatic nitrogens is 4. The molecule has 0 saturated carbocycles. The fourth-order valence-electron chi connectivity index (χ4n) is 3.02. The minimum atomic E-state index is -4.96. The lowest BCUT2D eigenvalue weighted by Crippen LogP contribution is -2.42. The molecule has 3 rings (SSSR count). The van der Waals surface area contributed by atoms with Crippen molar-refractivity contribution < 1.29 is 52.7 Å². The van der Waals surface area contributed by atoms with Gasteiger partial charge in [-0.3, -0.25) is 0 Å². The van der Waals surface area contributed by atoms with Crippen molar-refractivity contribution in [3.8, 4) is 17.2 Å². The third kappa shape index (κ3) is 9.54. The summed E-state index contributed by atoms with van der Waals surface area (Å²) in [5.41, 5.74) is -0.463. The number of anilines is 1. The van der Waals surface area contributed by atoms with E-state index in [1.165, 1.54) is 0 Å². The van der Waals surface area contributed by atoms with E-state index in [1.54, 1.807) is 0 Å². The molecule has 1 N–H and O–H groups in total. The van der Waals surface area contributed by atoms with Crippen LogP contribution in [0.25, 0.3) is 11.5 Å². The largest absolute Gasteiger partial charge is 0.435 e. The summed E-state index contributed by atoms with van der Waals surface area (Å²) >= 11 is 0. The van der Waals surface area contributed by atoms with Crippen LogP contribution >= 0.6 is 0 Å². The summed E-state index contributed by atoms with van der Waals surface area (Å²) in [6, 6.07) is 0.753. The van der Waals surface area contributed by atoms with Crippen LogP contribution in [0.2, 0.25) is 0 Å². The van der Waals surface area contributed by atoms with Crippen LogP contribution in [-0.4, -0.2) is 65.0 Å². The Hall–Kier alpha value is -3.61. The predicted molar refractivity (Wildman–Crippen MR) is 123 cm³/mol. The Bertz CT molecular complexity index is 1340. The van der Waals surface area contributed by atoms with Gasteiger partial charge in [0.25, 0.3) is 11.8 Å². The van der Waals surface area contributed by atoms with E-state index in [-0.39, 0.29) is 21.7 Å². The minimum Gasteiger partial charge on any atom is -0.435 e. The van der Waals surface area contributed by atoms with E-state index in [2.05, 4.69) is 30.2 Å². The van der Waals surface area contributed by atoms with Crippen LogP contribution in [0.3, 0.4) is 0 Å². The van der Waals surface area contributed by atoms with Gasteiger partial charge in [-0.2, -0.15) is 35.0 Å². The second-order valence-electron chi connectivity index (χ2n) is 7.47. The van der Waals surface area contributed by atoms with Crippen molar-refractivity contribution in [3.05, 3.63) is 47.9 Å². The first kappa shape index (κ1) is 32.6. The van der Waals surface area contributed by atoms with Gasteiger partial charge in [0.15, 0.2) is 0 Å². The van der Waals surface area contributed by atoms with Crippen LogP contribution in [0.5, 0.6) is 5.75 Å². The highest BCUT2D eigenvalue weighted by atomic mass is 32.2. The second kappa shape index (κ2) is 13.6. The van der Waals surface area contributed by atoms with Crippen LogP contribution in [0.1, 0.15) is 37.8 Å². The van der Waals surface area contributed by atoms with Crippen molar-refractivity contribution in [1.29, 1.82) is 0 Å². The molecule has 40 heavy (non-hydrogen) atoms. The smallest absolute Gasteiger partial charge is 0.402 e. The van der Waals surface area contributed by atoms with Gasteiger partial charge in [0.1, 0.15) is 18.1 Å². The Morgan fingerprint density at radius 1 is 1.07 bits per heavy atom. The number of halogens is 8. The molecule has 1 atom stereocenters. The number of ether oxygens (including phenoxy) is 1. The Labute approximate surface area is 222 Å². The fraction of sp³-hybridized carbons (Fsp3) is 0.429. The second-order valence-corrected chi connectivity index (χ2v) is 9.45. The van der Waals surface area contributed by atoms with Crippen LogP contribution in [0.4, 0.5) is 41.1 Å². The molecule has 0 radical (unpaired) electrons. The van der Waals surface area contributed by atoms with Crippen LogP contribution < -0.4 is 10.1 Å². The number of benzene rings is 1. The highest BCUT2D eigenvalue weighted by molar-refractivity contribution is 7.88. The van der Waals surface area contributed by atoms with Crippen molar-refractivity contribution in [2.24, 2.45) is 0 Å². The van der Waals surface area contributed by atoms with E-state index in [4.69, 9.17) is 4.42 Å². The zero-order valence-corrected chi connectivity index (χ0v) is 21.7. The Morgan fingerprint density at radius 2 is 1.70 bits per heavy atom. The molecule has 0 amide bonds. The number of nitrogens with zero attached hydrogens (tertiary/aromatic N) is 5. The van der Waals surface area contributed by atoms with Crippen molar-refractivity contribution in [2.75, 3.05) is 24.7 Å². The highest BCUT2D eigenvalue weighted by Gasteiger charge is 2.36. The number of rotatable bonds is 11. The molecule has 0 saturated heterocycles. The van der Waals surface area contributed by atoms with Gasteiger partial charge >= 0.3 is 19.2 Å². The molecule has 3 aromatic rings. The van der Waals surface area contributed by atoms with Gasteiger partial charge in [-0.25, -0.2) is 22.8 Å². The van der Waals surface area contributed by atoms with Gasteiger partial charge in [-0.15, -0.1) is 10.2 Å². The normalized spacial score (nSPS) is 12.8. The molecule has 19 heteroatoms. The molecule has 0 fully saturated rings. The Kier molecular flexibility index (Phi) is 11.1. The average molecular weight is 606 g/mol. The van der Waals surface area contributed by atoms with Gasteiger partial charge in [-0.05, 0) is 6.07 Å². The van der Waals surface area contributed by atoms with Gasteiger partial charge in [0.05, 0.1) is 17.9 Å². The van der Waals surface area contributed by atoms with Crippen molar-refractivity contribution >= 4 is 16.0 Å². The van der Waals surface area contributed by atoms with E-state index >= 15 is 0 Å². The average Bonchev–Trinajstić information content (AvgIpc) is 3.34. The number of hydrogen-bond donors (Lipinski definition) is 1. The highest BCUT2D eigenvalue weighted by Crippen LogP contribution is 2.29. The van der Waals surface area contributed by atoms with Gasteiger partial charge in [0, 0.05) is 30.6 Å². The van der Waals surface area contributed by atoms with E-state index in [9.17, 15) is 43.5 Å². The predicted octanol–water partition coefficient (Wildman–Crippen LogP) is 5.21. The number of alkyl halides is 7. The molecule has 0 aliphatic rings. The minimum absolute atomic E-state index is 0.0202. The Balaban J connectivity index is 0.00000274. The lowest BCUT2D eigenvalue weighted by molar-refractivity contribution is -0.136. The first-order valence-electron chi connectivity index (χ1n) is 11.1. The molecule has 0 aliphatic carbocycles. The summed E-state index contributed by atoms with van der Waals surface area (Å²) in [7, 11) is -4.48. The summed E-state index contributed by atoms with van der Waals surface area (Å²) in [4.78, 5) is 7.66. The summed E-state index contributed by atoms with van der Waals surface area (Å²) in [5, 5.41) is 9.00. The number of nitrogens with one attached hydrogen (secondary N) is 1. The third-order valence-electron chi connectivity index (χ3n) is 4.61. The van der Waals surface area contributed by atoms with E-state index in [0.29, 0.717) is 12.3 Å². The monoisotopic (exact) mass is 606 g/mol. The maximum absolute atomic E-state index is 14.8. The molecule has 1 aromatic carbocycles. The maximum atomic E-state index is 14.8. The quantitative estimate of drug-likeness (QED) is 0.293. The lowest BCUT2D eigenvalue weighted by atomic mass is 10.1. The molecule has 1 unspecified atom stereocenters. The number of hydrogen-bond acceptors (Lipinski definition) is 9. The summed E-state index contributed by atoms with van der Waals surface area (Å²) in [6.45, 7) is -2.19. The van der Waals surface area contributed by atoms with E-state index in [0.717, 1.165) is 24.5 Å². The number of sulfonamides is 1. The van der Waals surface area contributed by atoms with Crippen molar-refractivity contribution in [3.63, 3.8) is 0 Å². The molecule has 2 heterocycles. The first-order chi connectivity index (χ1) is 18.6. The summed E-state index contributed by atoms with van der Waals surface area (Å²) in [5.74, 6) is -3.53. The topological polar surface area (TPSA) is 123 Å². The standard InChI is InChI=1S/C19H16F8N6O4S.C2H6/c1-38(34,35)33(8-19(25,26)27)7-13(11-3-2-10(4-12(11)20)36-17(23)24)30-18-28-5-9(6-29-18)15-31-32-16(37-15)14(21)22;1-2/h2-6,13-14,17H,7-8H2,1H3,(H,28,29,30);1-2H3.